The summed E-state index contributed by atoms with van der Waals surface area (Å²) in [5, 5.41) is 9.73. The van der Waals surface area contributed by atoms with Gasteiger partial charge in [0.15, 0.2) is 11.6 Å². The molecule has 4 rings (SSSR count). The van der Waals surface area contributed by atoms with E-state index in [1.54, 1.807) is 0 Å². The average molecular weight is 395 g/mol. The lowest BCUT2D eigenvalue weighted by Crippen LogP contribution is -2.09. The van der Waals surface area contributed by atoms with E-state index >= 15 is 0 Å². The second kappa shape index (κ2) is 6.61. The van der Waals surface area contributed by atoms with Gasteiger partial charge in [-0.2, -0.15) is 0 Å². The number of hydrogen-bond acceptors (Lipinski definition) is 3. The summed E-state index contributed by atoms with van der Waals surface area (Å²) in [6.45, 7) is 1.94. The first-order valence-electron chi connectivity index (χ1n) is 7.80. The van der Waals surface area contributed by atoms with E-state index in [-0.39, 0.29) is 18.1 Å². The number of benzene rings is 2. The van der Waals surface area contributed by atoms with E-state index in [1.807, 2.05) is 54.0 Å². The summed E-state index contributed by atoms with van der Waals surface area (Å²) in [4.78, 5) is 0. The number of aromatic nitrogens is 3. The predicted molar refractivity (Wildman–Crippen MR) is 98.7 cm³/mol. The molecular formula is C18H14Cl3N3O. The van der Waals surface area contributed by atoms with Gasteiger partial charge in [-0.3, -0.25) is 4.57 Å². The molecule has 1 aliphatic rings. The van der Waals surface area contributed by atoms with E-state index in [2.05, 4.69) is 10.2 Å². The van der Waals surface area contributed by atoms with Gasteiger partial charge in [-0.15, -0.1) is 21.8 Å². The number of ether oxygens (including phenoxy) is 1. The summed E-state index contributed by atoms with van der Waals surface area (Å²) < 4.78 is 8.28. The Morgan fingerprint density at radius 3 is 2.64 bits per heavy atom. The molecule has 4 nitrogen and oxygen atoms in total. The number of nitrogens with zero attached hydrogens (tertiary/aromatic N) is 3. The molecule has 0 fully saturated rings. The summed E-state index contributed by atoms with van der Waals surface area (Å²) in [7, 11) is 0. The molecule has 0 aliphatic carbocycles. The molecule has 3 aromatic rings. The van der Waals surface area contributed by atoms with Crippen molar-refractivity contribution in [2.24, 2.45) is 0 Å². The summed E-state index contributed by atoms with van der Waals surface area (Å²) in [6, 6.07) is 13.3. The van der Waals surface area contributed by atoms with Gasteiger partial charge in [-0.1, -0.05) is 41.4 Å². The van der Waals surface area contributed by atoms with Crippen molar-refractivity contribution in [3.8, 4) is 5.69 Å². The molecule has 2 unspecified atom stereocenters. The minimum absolute atomic E-state index is 0.249. The minimum Gasteiger partial charge on any atom is -0.358 e. The Kier molecular flexibility index (Phi) is 4.46. The molecule has 0 saturated heterocycles. The van der Waals surface area contributed by atoms with E-state index in [9.17, 15) is 0 Å². The Morgan fingerprint density at radius 1 is 1.08 bits per heavy atom. The fourth-order valence-electron chi connectivity index (χ4n) is 3.15. The standard InChI is InChI=1S/C18H14Cl3N3O/c1-10-18-23-22-16(9-19)24(18)15-7-6-11(20)8-13(15)17(25-10)12-4-2-3-5-14(12)21/h2-8,10,17H,9H2,1H3. The third-order valence-electron chi connectivity index (χ3n) is 4.28. The maximum absolute atomic E-state index is 6.44. The molecule has 0 radical (unpaired) electrons. The first kappa shape index (κ1) is 16.9. The van der Waals surface area contributed by atoms with Crippen molar-refractivity contribution in [3.05, 3.63) is 75.3 Å². The van der Waals surface area contributed by atoms with Gasteiger partial charge in [0.2, 0.25) is 0 Å². The summed E-state index contributed by atoms with van der Waals surface area (Å²) in [5.74, 6) is 1.61. The Bertz CT molecular complexity index is 941. The first-order chi connectivity index (χ1) is 12.1. The molecule has 0 bridgehead atoms. The van der Waals surface area contributed by atoms with Crippen LogP contribution < -0.4 is 0 Å². The first-order valence-corrected chi connectivity index (χ1v) is 9.09. The van der Waals surface area contributed by atoms with Crippen molar-refractivity contribution in [1.29, 1.82) is 0 Å². The van der Waals surface area contributed by atoms with Crippen LogP contribution in [0.2, 0.25) is 10.0 Å². The van der Waals surface area contributed by atoms with Crippen molar-refractivity contribution >= 4 is 34.8 Å². The molecule has 1 aromatic heterocycles. The summed E-state index contributed by atoms with van der Waals surface area (Å²) in [6.07, 6.45) is -0.667. The maximum atomic E-state index is 6.44. The second-order valence-corrected chi connectivity index (χ2v) is 6.94. The summed E-state index contributed by atoms with van der Waals surface area (Å²) >= 11 is 18.8. The van der Waals surface area contributed by atoms with Gasteiger partial charge in [0.05, 0.1) is 11.6 Å². The quantitative estimate of drug-likeness (QED) is 0.539. The van der Waals surface area contributed by atoms with E-state index in [1.165, 1.54) is 0 Å². The number of rotatable bonds is 2. The highest BCUT2D eigenvalue weighted by molar-refractivity contribution is 6.31. The molecule has 2 heterocycles. The van der Waals surface area contributed by atoms with Crippen molar-refractivity contribution < 1.29 is 4.74 Å². The molecule has 0 spiro atoms. The largest absolute Gasteiger partial charge is 0.358 e. The van der Waals surface area contributed by atoms with Crippen LogP contribution in [0.5, 0.6) is 0 Å². The lowest BCUT2D eigenvalue weighted by atomic mass is 9.99. The normalized spacial score (nSPS) is 19.2. The van der Waals surface area contributed by atoms with Gasteiger partial charge in [0.1, 0.15) is 12.2 Å². The fourth-order valence-corrected chi connectivity index (χ4v) is 3.74. The highest BCUT2D eigenvalue weighted by Gasteiger charge is 2.32. The van der Waals surface area contributed by atoms with Crippen LogP contribution in [0.25, 0.3) is 5.69 Å². The van der Waals surface area contributed by atoms with Crippen LogP contribution in [0.15, 0.2) is 42.5 Å². The van der Waals surface area contributed by atoms with Crippen LogP contribution >= 0.6 is 34.8 Å². The number of halogens is 3. The van der Waals surface area contributed by atoms with Crippen LogP contribution in [0.3, 0.4) is 0 Å². The minimum atomic E-state index is -0.373. The number of fused-ring (bicyclic) bond motifs is 3. The fraction of sp³-hybridized carbons (Fsp3) is 0.222. The van der Waals surface area contributed by atoms with E-state index in [0.29, 0.717) is 21.7 Å². The lowest BCUT2D eigenvalue weighted by molar-refractivity contribution is 0.0161. The Labute approximate surface area is 160 Å². The SMILES string of the molecule is CC1OC(c2ccccc2Cl)c2cc(Cl)ccc2-n2c(CCl)nnc21. The van der Waals surface area contributed by atoms with E-state index in [4.69, 9.17) is 39.5 Å². The molecule has 0 amide bonds. The van der Waals surface area contributed by atoms with Gasteiger partial charge in [0.25, 0.3) is 0 Å². The second-order valence-electron chi connectivity index (χ2n) is 5.83. The van der Waals surface area contributed by atoms with Crippen LogP contribution in [-0.2, 0) is 10.6 Å². The summed E-state index contributed by atoms with van der Waals surface area (Å²) in [5.41, 5.74) is 2.68. The van der Waals surface area contributed by atoms with Crippen LogP contribution in [-0.4, -0.2) is 14.8 Å². The molecule has 1 aliphatic heterocycles. The zero-order valence-corrected chi connectivity index (χ0v) is 15.6. The molecule has 128 valence electrons. The van der Waals surface area contributed by atoms with Crippen molar-refractivity contribution in [1.82, 2.24) is 14.8 Å². The monoisotopic (exact) mass is 393 g/mol. The van der Waals surface area contributed by atoms with Crippen LogP contribution in [0.1, 0.15) is 41.9 Å². The molecule has 0 saturated carbocycles. The van der Waals surface area contributed by atoms with Crippen LogP contribution in [0, 0.1) is 0 Å². The maximum Gasteiger partial charge on any atom is 0.166 e. The third kappa shape index (κ3) is 2.83. The zero-order chi connectivity index (χ0) is 17.6. The van der Waals surface area contributed by atoms with Gasteiger partial charge in [-0.25, -0.2) is 0 Å². The van der Waals surface area contributed by atoms with Gasteiger partial charge in [0, 0.05) is 21.2 Å². The van der Waals surface area contributed by atoms with Crippen LogP contribution in [0.4, 0.5) is 0 Å². The smallest absolute Gasteiger partial charge is 0.166 e. The van der Waals surface area contributed by atoms with Crippen molar-refractivity contribution in [2.75, 3.05) is 0 Å². The van der Waals surface area contributed by atoms with E-state index in [0.717, 1.165) is 16.8 Å². The highest BCUT2D eigenvalue weighted by Crippen LogP contribution is 2.42. The van der Waals surface area contributed by atoms with Gasteiger partial charge >= 0.3 is 0 Å². The topological polar surface area (TPSA) is 39.9 Å². The Balaban J connectivity index is 2.00. The molecule has 2 aromatic carbocycles. The van der Waals surface area contributed by atoms with Gasteiger partial charge in [-0.05, 0) is 31.2 Å². The Hall–Kier alpha value is -1.59. The molecule has 7 heteroatoms. The lowest BCUT2D eigenvalue weighted by Gasteiger charge is -2.21. The Morgan fingerprint density at radius 2 is 1.88 bits per heavy atom. The van der Waals surface area contributed by atoms with Gasteiger partial charge < -0.3 is 4.74 Å². The van der Waals surface area contributed by atoms with Crippen molar-refractivity contribution in [2.45, 2.75) is 25.0 Å². The molecule has 25 heavy (non-hydrogen) atoms. The number of alkyl halides is 1. The number of hydrogen-bond donors (Lipinski definition) is 0. The average Bonchev–Trinajstić information content (AvgIpc) is 2.99. The molecule has 2 atom stereocenters. The third-order valence-corrected chi connectivity index (χ3v) is 5.10. The molecule has 0 N–H and O–H groups in total. The zero-order valence-electron chi connectivity index (χ0n) is 13.3. The van der Waals surface area contributed by atoms with E-state index < -0.39 is 0 Å². The predicted octanol–water partition coefficient (Wildman–Crippen LogP) is 5.49. The molecular weight excluding hydrogens is 381 g/mol. The van der Waals surface area contributed by atoms with Crippen molar-refractivity contribution in [3.63, 3.8) is 0 Å². The highest BCUT2D eigenvalue weighted by atomic mass is 35.5.